The van der Waals surface area contributed by atoms with Gasteiger partial charge in [0.05, 0.1) is 29.2 Å². The van der Waals surface area contributed by atoms with Crippen LogP contribution in [0.2, 0.25) is 0 Å². The van der Waals surface area contributed by atoms with Crippen molar-refractivity contribution in [1.29, 1.82) is 0 Å². The van der Waals surface area contributed by atoms with Gasteiger partial charge in [-0.25, -0.2) is 18.9 Å². The Bertz CT molecular complexity index is 1480. The second-order valence-electron chi connectivity index (χ2n) is 8.50. The number of nitrogens with zero attached hydrogens (tertiary/aromatic N) is 3. The quantitative estimate of drug-likeness (QED) is 0.367. The first-order valence-electron chi connectivity index (χ1n) is 11.1. The van der Waals surface area contributed by atoms with Crippen LogP contribution in [0.5, 0.6) is 5.75 Å². The van der Waals surface area contributed by atoms with Gasteiger partial charge in [0, 0.05) is 11.8 Å². The molecule has 0 saturated carbocycles. The highest BCUT2D eigenvalue weighted by Crippen LogP contribution is 2.55. The summed E-state index contributed by atoms with van der Waals surface area (Å²) in [4.78, 5) is 9.17. The molecular weight excluding hydrogens is 512 g/mol. The first-order chi connectivity index (χ1) is 17.3. The third-order valence-electron chi connectivity index (χ3n) is 6.20. The number of fused-ring (bicyclic) bond motifs is 2. The third-order valence-corrected chi connectivity index (χ3v) is 8.39. The topological polar surface area (TPSA) is 125 Å². The number of phosphoric ester groups is 1. The molecule has 5 atom stereocenters. The zero-order chi connectivity index (χ0) is 25.0. The zero-order valence-electron chi connectivity index (χ0n) is 18.9. The lowest BCUT2D eigenvalue weighted by Crippen LogP contribution is -2.34. The first-order valence-corrected chi connectivity index (χ1v) is 13.4. The van der Waals surface area contributed by atoms with Crippen LogP contribution in [-0.4, -0.2) is 49.7 Å². The summed E-state index contributed by atoms with van der Waals surface area (Å²) in [5.74, 6) is -0.171. The van der Waals surface area contributed by atoms with Crippen LogP contribution in [0.4, 0.5) is 4.39 Å². The van der Waals surface area contributed by atoms with Gasteiger partial charge in [-0.15, -0.1) is 11.3 Å². The number of rotatable bonds is 5. The fourth-order valence-electron chi connectivity index (χ4n) is 4.40. The molecule has 1 fully saturated rings. The number of aromatic nitrogens is 3. The second kappa shape index (κ2) is 9.00. The Morgan fingerprint density at radius 3 is 2.92 bits per heavy atom. The van der Waals surface area contributed by atoms with Crippen molar-refractivity contribution in [3.05, 3.63) is 65.2 Å². The van der Waals surface area contributed by atoms with Gasteiger partial charge in [0.25, 0.3) is 0 Å². The number of ether oxygens (including phenoxy) is 1. The van der Waals surface area contributed by atoms with E-state index in [0.717, 1.165) is 22.2 Å². The number of thiophene rings is 1. The molecule has 0 bridgehead atoms. The van der Waals surface area contributed by atoms with Crippen molar-refractivity contribution < 1.29 is 37.5 Å². The number of aryl methyl sites for hydroxylation is 1. The third kappa shape index (κ3) is 3.95. The molecule has 0 radical (unpaired) electrons. The van der Waals surface area contributed by atoms with Gasteiger partial charge in [-0.2, -0.15) is 0 Å². The van der Waals surface area contributed by atoms with Crippen molar-refractivity contribution in [2.24, 2.45) is 0 Å². The van der Waals surface area contributed by atoms with Crippen LogP contribution in [-0.2, 0) is 25.0 Å². The lowest BCUT2D eigenvalue weighted by Gasteiger charge is -2.27. The fraction of sp³-hybridized carbons (Fsp3) is 0.304. The minimum Gasteiger partial charge on any atom is -0.403 e. The summed E-state index contributed by atoms with van der Waals surface area (Å²) >= 11 is 1.41. The van der Waals surface area contributed by atoms with Crippen molar-refractivity contribution in [3.8, 4) is 16.3 Å². The van der Waals surface area contributed by atoms with Gasteiger partial charge in [0.1, 0.15) is 36.0 Å². The highest BCUT2D eigenvalue weighted by atomic mass is 32.1. The highest BCUT2D eigenvalue weighted by Gasteiger charge is 2.46. The van der Waals surface area contributed by atoms with Crippen LogP contribution < -0.4 is 4.52 Å². The van der Waals surface area contributed by atoms with Crippen LogP contribution in [0.15, 0.2) is 48.2 Å². The van der Waals surface area contributed by atoms with Crippen LogP contribution in [0.1, 0.15) is 17.4 Å². The maximum Gasteiger partial charge on any atom is 0.530 e. The summed E-state index contributed by atoms with van der Waals surface area (Å²) in [6, 6.07) is 9.10. The summed E-state index contributed by atoms with van der Waals surface area (Å²) in [5.41, 5.74) is 2.13. The Morgan fingerprint density at radius 1 is 1.25 bits per heavy atom. The predicted molar refractivity (Wildman–Crippen MR) is 127 cm³/mol. The van der Waals surface area contributed by atoms with E-state index < -0.39 is 44.8 Å². The molecule has 13 heteroatoms. The minimum absolute atomic E-state index is 0.0362. The van der Waals surface area contributed by atoms with E-state index in [0.29, 0.717) is 11.4 Å². The molecule has 1 unspecified atom stereocenters. The van der Waals surface area contributed by atoms with Crippen LogP contribution >= 0.6 is 19.2 Å². The van der Waals surface area contributed by atoms with E-state index in [-0.39, 0.29) is 17.6 Å². The van der Waals surface area contributed by atoms with E-state index in [2.05, 4.69) is 9.97 Å². The predicted octanol–water partition coefficient (Wildman–Crippen LogP) is 3.96. The lowest BCUT2D eigenvalue weighted by molar-refractivity contribution is -0.0516. The van der Waals surface area contributed by atoms with E-state index >= 15 is 4.39 Å². The van der Waals surface area contributed by atoms with Crippen molar-refractivity contribution in [3.63, 3.8) is 0 Å². The second-order valence-corrected chi connectivity index (χ2v) is 11.0. The van der Waals surface area contributed by atoms with Gasteiger partial charge in [-0.05, 0) is 23.9 Å². The number of phosphoric acid groups is 1. The Morgan fingerprint density at radius 2 is 2.11 bits per heavy atom. The van der Waals surface area contributed by atoms with E-state index in [9.17, 15) is 14.8 Å². The molecule has 1 aromatic carbocycles. The Hall–Kier alpha value is -2.70. The standard InChI is InChI=1S/C23H21FN3O7PS/c1-12-4-2-5-13-9-31-35(30,34-21(12)13)32-10-15-19(28)20(29)23(33-15)27-8-14(24)17-18(16-6-3-7-36-16)25-11-26-22(17)27/h2-8,11,15,19-20,23,28-29H,9-10H2,1H3/t15-,19-,20-,23-,35?/m1/s1. The number of aliphatic hydroxyl groups excluding tert-OH is 2. The zero-order valence-corrected chi connectivity index (χ0v) is 20.6. The molecule has 188 valence electrons. The Balaban J connectivity index is 1.23. The number of para-hydroxylation sites is 1. The first kappa shape index (κ1) is 23.7. The monoisotopic (exact) mass is 533 g/mol. The molecule has 0 amide bonds. The van der Waals surface area contributed by atoms with Gasteiger partial charge in [0.15, 0.2) is 12.0 Å². The van der Waals surface area contributed by atoms with Crippen LogP contribution in [0.3, 0.4) is 0 Å². The van der Waals surface area contributed by atoms with Crippen molar-refractivity contribution in [2.45, 2.75) is 38.1 Å². The minimum atomic E-state index is -3.99. The van der Waals surface area contributed by atoms with Gasteiger partial charge >= 0.3 is 7.82 Å². The summed E-state index contributed by atoms with van der Waals surface area (Å²) < 4.78 is 51.5. The van der Waals surface area contributed by atoms with Gasteiger partial charge in [-0.3, -0.25) is 9.05 Å². The molecule has 4 aromatic rings. The normalized spacial score (nSPS) is 27.8. The van der Waals surface area contributed by atoms with Gasteiger partial charge in [0.2, 0.25) is 0 Å². The molecule has 1 saturated heterocycles. The van der Waals surface area contributed by atoms with Gasteiger partial charge in [-0.1, -0.05) is 24.3 Å². The van der Waals surface area contributed by atoms with Gasteiger partial charge < -0.3 is 24.0 Å². The molecule has 6 rings (SSSR count). The molecule has 36 heavy (non-hydrogen) atoms. The molecule has 2 aliphatic heterocycles. The Labute approximate surface area is 208 Å². The number of aliphatic hydroxyl groups is 2. The van der Waals surface area contributed by atoms with Crippen molar-refractivity contribution >= 4 is 30.2 Å². The Kier molecular flexibility index (Phi) is 5.92. The fourth-order valence-corrected chi connectivity index (χ4v) is 6.42. The SMILES string of the molecule is Cc1cccc2c1OP(=O)(OC[C@H]1O[C@@H](n3cc(F)c4c(-c5cccs5)ncnc43)[C@H](O)[C@@H]1O)OC2. The smallest absolute Gasteiger partial charge is 0.403 e. The average Bonchev–Trinajstić information content (AvgIpc) is 3.59. The maximum absolute atomic E-state index is 15.0. The summed E-state index contributed by atoms with van der Waals surface area (Å²) in [7, 11) is -3.99. The number of benzene rings is 1. The van der Waals surface area contributed by atoms with Crippen molar-refractivity contribution in [2.75, 3.05) is 6.61 Å². The van der Waals surface area contributed by atoms with E-state index in [1.54, 1.807) is 6.07 Å². The van der Waals surface area contributed by atoms with E-state index in [1.807, 2.05) is 36.6 Å². The summed E-state index contributed by atoms with van der Waals surface area (Å²) in [5, 5.41) is 23.4. The average molecular weight is 533 g/mol. The van der Waals surface area contributed by atoms with E-state index in [1.165, 1.54) is 22.2 Å². The molecule has 2 aliphatic rings. The van der Waals surface area contributed by atoms with Crippen molar-refractivity contribution in [1.82, 2.24) is 14.5 Å². The maximum atomic E-state index is 15.0. The van der Waals surface area contributed by atoms with Crippen LogP contribution in [0, 0.1) is 12.7 Å². The molecular formula is C23H21FN3O7PS. The largest absolute Gasteiger partial charge is 0.530 e. The molecule has 3 aromatic heterocycles. The number of hydrogen-bond donors (Lipinski definition) is 2. The molecule has 10 nitrogen and oxygen atoms in total. The number of hydrogen-bond acceptors (Lipinski definition) is 10. The molecule has 2 N–H and O–H groups in total. The highest BCUT2D eigenvalue weighted by molar-refractivity contribution is 7.49. The number of halogens is 1. The molecule has 0 aliphatic carbocycles. The summed E-state index contributed by atoms with van der Waals surface area (Å²) in [6.07, 6.45) is -2.68. The van der Waals surface area contributed by atoms with E-state index in [4.69, 9.17) is 18.3 Å². The summed E-state index contributed by atoms with van der Waals surface area (Å²) in [6.45, 7) is 1.45. The molecule has 5 heterocycles. The lowest BCUT2D eigenvalue weighted by atomic mass is 10.1. The van der Waals surface area contributed by atoms with Crippen LogP contribution in [0.25, 0.3) is 21.6 Å². The molecule has 0 spiro atoms.